The van der Waals surface area contributed by atoms with Gasteiger partial charge in [0.15, 0.2) is 0 Å². The summed E-state index contributed by atoms with van der Waals surface area (Å²) < 4.78 is 0. The summed E-state index contributed by atoms with van der Waals surface area (Å²) in [5, 5.41) is 4.21. The highest BCUT2D eigenvalue weighted by atomic mass is 16.2. The lowest BCUT2D eigenvalue weighted by atomic mass is 9.91. The highest BCUT2D eigenvalue weighted by molar-refractivity contribution is 6.00. The second-order valence-corrected chi connectivity index (χ2v) is 7.74. The average Bonchev–Trinajstić information content (AvgIpc) is 2.67. The third-order valence-corrected chi connectivity index (χ3v) is 4.69. The first-order valence-electron chi connectivity index (χ1n) is 10.0. The van der Waals surface area contributed by atoms with Crippen LogP contribution in [0.1, 0.15) is 58.1 Å². The Morgan fingerprint density at radius 1 is 0.862 bits per heavy atom. The predicted octanol–water partition coefficient (Wildman–Crippen LogP) is 4.35. The lowest BCUT2D eigenvalue weighted by molar-refractivity contribution is -0.133. The van der Waals surface area contributed by atoms with Gasteiger partial charge >= 0.3 is 0 Å². The number of hydrogen-bond donors (Lipinski definition) is 1. The molecule has 0 aromatic heterocycles. The number of carbonyl (C=O) groups is 2. The summed E-state index contributed by atoms with van der Waals surface area (Å²) in [5.74, 6) is -0.681. The normalized spacial score (nSPS) is 11.8. The van der Waals surface area contributed by atoms with Gasteiger partial charge < -0.3 is 4.90 Å². The van der Waals surface area contributed by atoms with E-state index in [0.717, 1.165) is 11.1 Å². The van der Waals surface area contributed by atoms with Crippen LogP contribution in [0.15, 0.2) is 65.8 Å². The maximum absolute atomic E-state index is 13.0. The third-order valence-electron chi connectivity index (χ3n) is 4.69. The van der Waals surface area contributed by atoms with Crippen LogP contribution in [0.5, 0.6) is 0 Å². The molecule has 0 bridgehead atoms. The van der Waals surface area contributed by atoms with Gasteiger partial charge in [-0.15, -0.1) is 0 Å². The van der Waals surface area contributed by atoms with Crippen LogP contribution in [-0.4, -0.2) is 34.5 Å². The maximum Gasteiger partial charge on any atom is 0.252 e. The van der Waals surface area contributed by atoms with Gasteiger partial charge in [0, 0.05) is 17.8 Å². The Kier molecular flexibility index (Phi) is 8.13. The molecular weight excluding hydrogens is 362 g/mol. The number of hydrogen-bond acceptors (Lipinski definition) is 3. The van der Waals surface area contributed by atoms with Crippen LogP contribution in [0.2, 0.25) is 0 Å². The van der Waals surface area contributed by atoms with Crippen LogP contribution in [0.4, 0.5) is 0 Å². The van der Waals surface area contributed by atoms with Gasteiger partial charge in [-0.05, 0) is 45.7 Å². The minimum absolute atomic E-state index is 0.00756. The summed E-state index contributed by atoms with van der Waals surface area (Å²) in [6.45, 7) is 9.75. The van der Waals surface area contributed by atoms with Crippen molar-refractivity contribution >= 4 is 17.5 Å². The van der Waals surface area contributed by atoms with Crippen molar-refractivity contribution in [1.29, 1.82) is 0 Å². The molecule has 0 aliphatic carbocycles. The van der Waals surface area contributed by atoms with Crippen molar-refractivity contribution in [3.63, 3.8) is 0 Å². The molecular formula is C24H31N3O2. The first-order valence-corrected chi connectivity index (χ1v) is 10.0. The van der Waals surface area contributed by atoms with E-state index >= 15 is 0 Å². The molecule has 2 aromatic carbocycles. The molecule has 29 heavy (non-hydrogen) atoms. The van der Waals surface area contributed by atoms with Gasteiger partial charge in [-0.3, -0.25) is 9.59 Å². The van der Waals surface area contributed by atoms with Gasteiger partial charge in [-0.1, -0.05) is 60.7 Å². The molecule has 0 saturated heterocycles. The predicted molar refractivity (Wildman–Crippen MR) is 118 cm³/mol. The highest BCUT2D eigenvalue weighted by Crippen LogP contribution is 2.24. The maximum atomic E-state index is 13.0. The van der Waals surface area contributed by atoms with Gasteiger partial charge in [-0.2, -0.15) is 5.10 Å². The molecule has 0 unspecified atom stereocenters. The first-order chi connectivity index (χ1) is 13.8. The summed E-state index contributed by atoms with van der Waals surface area (Å²) in [4.78, 5) is 27.4. The summed E-state index contributed by atoms with van der Waals surface area (Å²) in [7, 11) is 0. The van der Waals surface area contributed by atoms with E-state index < -0.39 is 5.92 Å². The fourth-order valence-corrected chi connectivity index (χ4v) is 3.52. The summed E-state index contributed by atoms with van der Waals surface area (Å²) in [5.41, 5.74) is 5.03. The van der Waals surface area contributed by atoms with E-state index in [1.54, 1.807) is 6.92 Å². The van der Waals surface area contributed by atoms with Gasteiger partial charge in [0.25, 0.3) is 5.91 Å². The fourth-order valence-electron chi connectivity index (χ4n) is 3.52. The van der Waals surface area contributed by atoms with Crippen molar-refractivity contribution in [3.8, 4) is 0 Å². The van der Waals surface area contributed by atoms with Gasteiger partial charge in [0.1, 0.15) is 0 Å². The molecule has 0 spiro atoms. The second-order valence-electron chi connectivity index (χ2n) is 7.74. The van der Waals surface area contributed by atoms with Crippen LogP contribution in [0.25, 0.3) is 0 Å². The van der Waals surface area contributed by atoms with Crippen molar-refractivity contribution in [3.05, 3.63) is 71.8 Å². The molecule has 0 radical (unpaired) electrons. The van der Waals surface area contributed by atoms with E-state index in [1.807, 2.05) is 93.3 Å². The SMILES string of the molecule is CC(CC(=O)N(C(C)C)C(C)C)=NNC(=O)C(c1ccccc1)c1ccccc1. The molecule has 0 atom stereocenters. The Bertz CT molecular complexity index is 782. The van der Waals surface area contributed by atoms with Gasteiger partial charge in [-0.25, -0.2) is 5.43 Å². The molecule has 0 aliphatic rings. The van der Waals surface area contributed by atoms with E-state index in [9.17, 15) is 9.59 Å². The van der Waals surface area contributed by atoms with Crippen molar-refractivity contribution in [2.45, 2.75) is 59.0 Å². The standard InChI is InChI=1S/C24H31N3O2/c1-17(2)27(18(3)4)22(28)16-19(5)25-26-24(29)23(20-12-8-6-9-13-20)21-14-10-7-11-15-21/h6-15,17-18,23H,16H2,1-5H3,(H,26,29). The number of benzene rings is 2. The molecule has 0 aliphatic heterocycles. The molecule has 1 N–H and O–H groups in total. The van der Waals surface area contributed by atoms with Crippen molar-refractivity contribution in [2.24, 2.45) is 5.10 Å². The number of nitrogens with zero attached hydrogens (tertiary/aromatic N) is 2. The van der Waals surface area contributed by atoms with Crippen LogP contribution in [0, 0.1) is 0 Å². The second kappa shape index (κ2) is 10.6. The Balaban J connectivity index is 2.14. The van der Waals surface area contributed by atoms with E-state index in [4.69, 9.17) is 0 Å². The molecule has 0 fully saturated rings. The van der Waals surface area contributed by atoms with E-state index in [1.165, 1.54) is 0 Å². The lowest BCUT2D eigenvalue weighted by Gasteiger charge is -2.30. The van der Waals surface area contributed by atoms with Crippen molar-refractivity contribution in [2.75, 3.05) is 0 Å². The minimum Gasteiger partial charge on any atom is -0.338 e. The lowest BCUT2D eigenvalue weighted by Crippen LogP contribution is -2.42. The average molecular weight is 394 g/mol. The molecule has 0 saturated carbocycles. The van der Waals surface area contributed by atoms with Gasteiger partial charge in [0.2, 0.25) is 5.91 Å². The monoisotopic (exact) mass is 393 g/mol. The molecule has 0 heterocycles. The summed E-state index contributed by atoms with van der Waals surface area (Å²) in [6, 6.07) is 19.5. The molecule has 2 amide bonds. The van der Waals surface area contributed by atoms with Gasteiger partial charge in [0.05, 0.1) is 12.3 Å². The topological polar surface area (TPSA) is 61.8 Å². The zero-order valence-corrected chi connectivity index (χ0v) is 17.9. The van der Waals surface area contributed by atoms with Crippen LogP contribution in [-0.2, 0) is 9.59 Å². The van der Waals surface area contributed by atoms with Crippen LogP contribution >= 0.6 is 0 Å². The Labute approximate surface area is 173 Å². The first kappa shape index (κ1) is 22.3. The zero-order chi connectivity index (χ0) is 21.4. The number of carbonyl (C=O) groups excluding carboxylic acids is 2. The van der Waals surface area contributed by atoms with E-state index in [-0.39, 0.29) is 30.3 Å². The van der Waals surface area contributed by atoms with E-state index in [2.05, 4.69) is 10.5 Å². The quantitative estimate of drug-likeness (QED) is 0.535. The molecule has 2 aromatic rings. The number of nitrogens with one attached hydrogen (secondary N) is 1. The number of rotatable bonds is 8. The van der Waals surface area contributed by atoms with E-state index in [0.29, 0.717) is 5.71 Å². The fraction of sp³-hybridized carbons (Fsp3) is 0.375. The van der Waals surface area contributed by atoms with Crippen LogP contribution < -0.4 is 5.43 Å². The summed E-state index contributed by atoms with van der Waals surface area (Å²) >= 11 is 0. The molecule has 5 nitrogen and oxygen atoms in total. The third kappa shape index (κ3) is 6.28. The number of amides is 2. The zero-order valence-electron chi connectivity index (χ0n) is 17.9. The Morgan fingerprint density at radius 2 is 1.31 bits per heavy atom. The highest BCUT2D eigenvalue weighted by Gasteiger charge is 2.23. The number of hydrazone groups is 1. The summed E-state index contributed by atoms with van der Waals surface area (Å²) in [6.07, 6.45) is 0.179. The Hall–Kier alpha value is -2.95. The Morgan fingerprint density at radius 3 is 1.72 bits per heavy atom. The van der Waals surface area contributed by atoms with Crippen LogP contribution in [0.3, 0.4) is 0 Å². The van der Waals surface area contributed by atoms with Crippen molar-refractivity contribution < 1.29 is 9.59 Å². The smallest absolute Gasteiger partial charge is 0.252 e. The van der Waals surface area contributed by atoms with Crippen molar-refractivity contribution in [1.82, 2.24) is 10.3 Å². The molecule has 2 rings (SSSR count). The largest absolute Gasteiger partial charge is 0.338 e. The minimum atomic E-state index is -0.465. The molecule has 154 valence electrons. The molecule has 5 heteroatoms.